The molecule has 3 aliphatic rings. The molecule has 14 heavy (non-hydrogen) atoms. The number of rotatable bonds is 1. The Balaban J connectivity index is 1.93. The van der Waals surface area contributed by atoms with Crippen molar-refractivity contribution in [1.82, 2.24) is 0 Å². The molecule has 1 heteroatoms. The molecule has 0 aromatic carbocycles. The molecule has 0 spiro atoms. The lowest BCUT2D eigenvalue weighted by Crippen LogP contribution is -2.29. The largest absolute Gasteiger partial charge is 0.380 e. The van der Waals surface area contributed by atoms with Crippen molar-refractivity contribution >= 4 is 0 Å². The molecule has 0 aromatic rings. The van der Waals surface area contributed by atoms with Crippen molar-refractivity contribution in [2.45, 2.75) is 32.8 Å². The van der Waals surface area contributed by atoms with E-state index in [1.165, 1.54) is 12.8 Å². The summed E-state index contributed by atoms with van der Waals surface area (Å²) in [5.41, 5.74) is 1.76. The van der Waals surface area contributed by atoms with Gasteiger partial charge in [0.2, 0.25) is 0 Å². The minimum Gasteiger partial charge on any atom is -0.380 e. The van der Waals surface area contributed by atoms with Crippen LogP contribution >= 0.6 is 0 Å². The van der Waals surface area contributed by atoms with Crippen LogP contribution in [0.25, 0.3) is 0 Å². The number of methoxy groups -OCH3 is 1. The standard InChI is InChI=1S/C13H20O/c1-7-4-9-6-10(7)11-5-8(2)13(14-3)12(9)11/h5,7-10,12-13H,4,6H2,1-3H3. The lowest BCUT2D eigenvalue weighted by atomic mass is 9.79. The van der Waals surface area contributed by atoms with E-state index < -0.39 is 0 Å². The van der Waals surface area contributed by atoms with Crippen molar-refractivity contribution in [1.29, 1.82) is 0 Å². The molecule has 0 heterocycles. The lowest BCUT2D eigenvalue weighted by Gasteiger charge is -2.30. The van der Waals surface area contributed by atoms with E-state index in [4.69, 9.17) is 4.74 Å². The van der Waals surface area contributed by atoms with Gasteiger partial charge in [-0.25, -0.2) is 0 Å². The van der Waals surface area contributed by atoms with Gasteiger partial charge in [0.25, 0.3) is 0 Å². The molecular formula is C13H20O. The third-order valence-corrected chi connectivity index (χ3v) is 4.84. The first-order valence-electron chi connectivity index (χ1n) is 5.96. The highest BCUT2D eigenvalue weighted by Crippen LogP contribution is 2.59. The van der Waals surface area contributed by atoms with Gasteiger partial charge in [-0.3, -0.25) is 0 Å². The Kier molecular flexibility index (Phi) is 1.82. The number of hydrogen-bond acceptors (Lipinski definition) is 1. The monoisotopic (exact) mass is 192 g/mol. The summed E-state index contributed by atoms with van der Waals surface area (Å²) in [5.74, 6) is 4.22. The maximum absolute atomic E-state index is 5.67. The highest BCUT2D eigenvalue weighted by atomic mass is 16.5. The summed E-state index contributed by atoms with van der Waals surface area (Å²) >= 11 is 0. The minimum absolute atomic E-state index is 0.493. The highest BCUT2D eigenvalue weighted by molar-refractivity contribution is 5.30. The van der Waals surface area contributed by atoms with Crippen LogP contribution in [0.4, 0.5) is 0 Å². The third kappa shape index (κ3) is 0.942. The minimum atomic E-state index is 0.493. The summed E-state index contributed by atoms with van der Waals surface area (Å²) in [6, 6.07) is 0. The number of ether oxygens (including phenoxy) is 1. The van der Waals surface area contributed by atoms with Gasteiger partial charge in [0.15, 0.2) is 0 Å². The molecule has 6 atom stereocenters. The second-order valence-electron chi connectivity index (χ2n) is 5.57. The fourth-order valence-corrected chi connectivity index (χ4v) is 4.35. The van der Waals surface area contributed by atoms with Gasteiger partial charge < -0.3 is 4.74 Å². The topological polar surface area (TPSA) is 9.23 Å². The van der Waals surface area contributed by atoms with E-state index in [1.54, 1.807) is 5.57 Å². The van der Waals surface area contributed by atoms with Crippen LogP contribution in [0.2, 0.25) is 0 Å². The normalized spacial score (nSPS) is 54.9. The average molecular weight is 192 g/mol. The molecule has 2 fully saturated rings. The highest BCUT2D eigenvalue weighted by Gasteiger charge is 2.53. The van der Waals surface area contributed by atoms with Gasteiger partial charge in [-0.05, 0) is 30.6 Å². The van der Waals surface area contributed by atoms with E-state index in [-0.39, 0.29) is 0 Å². The molecule has 0 saturated heterocycles. The van der Waals surface area contributed by atoms with Crippen LogP contribution in [0.5, 0.6) is 0 Å². The summed E-state index contributed by atoms with van der Waals surface area (Å²) in [6.45, 7) is 4.73. The summed E-state index contributed by atoms with van der Waals surface area (Å²) < 4.78 is 5.67. The molecule has 0 aromatic heterocycles. The SMILES string of the molecule is COC1C(C)C=C2C3CC(CC3C)C21. The second kappa shape index (κ2) is 2.85. The predicted octanol–water partition coefficient (Wildman–Crippen LogP) is 2.87. The molecule has 0 radical (unpaired) electrons. The van der Waals surface area contributed by atoms with Gasteiger partial charge in [-0.15, -0.1) is 0 Å². The molecule has 2 saturated carbocycles. The van der Waals surface area contributed by atoms with E-state index in [0.29, 0.717) is 12.0 Å². The van der Waals surface area contributed by atoms with E-state index >= 15 is 0 Å². The molecule has 78 valence electrons. The van der Waals surface area contributed by atoms with Crippen LogP contribution in [0.3, 0.4) is 0 Å². The molecule has 0 N–H and O–H groups in total. The van der Waals surface area contributed by atoms with Crippen LogP contribution in [0.15, 0.2) is 11.6 Å². The van der Waals surface area contributed by atoms with Gasteiger partial charge in [-0.1, -0.05) is 25.5 Å². The Bertz CT molecular complexity index is 281. The molecule has 6 unspecified atom stereocenters. The third-order valence-electron chi connectivity index (χ3n) is 4.84. The Morgan fingerprint density at radius 1 is 1.29 bits per heavy atom. The summed E-state index contributed by atoms with van der Waals surface area (Å²) in [6.07, 6.45) is 5.90. The second-order valence-corrected chi connectivity index (χ2v) is 5.57. The molecule has 1 nitrogen and oxygen atoms in total. The van der Waals surface area contributed by atoms with E-state index in [1.807, 2.05) is 7.11 Å². The number of hydrogen-bond donors (Lipinski definition) is 0. The smallest absolute Gasteiger partial charge is 0.0699 e. The molecule has 0 aliphatic heterocycles. The van der Waals surface area contributed by atoms with Crippen LogP contribution < -0.4 is 0 Å². The summed E-state index contributed by atoms with van der Waals surface area (Å²) in [5, 5.41) is 0. The van der Waals surface area contributed by atoms with Crippen molar-refractivity contribution in [3.8, 4) is 0 Å². The predicted molar refractivity (Wildman–Crippen MR) is 56.9 cm³/mol. The maximum Gasteiger partial charge on any atom is 0.0699 e. The molecule has 0 amide bonds. The van der Waals surface area contributed by atoms with Crippen molar-refractivity contribution in [3.05, 3.63) is 11.6 Å². The van der Waals surface area contributed by atoms with Crippen LogP contribution in [-0.2, 0) is 4.74 Å². The zero-order valence-electron chi connectivity index (χ0n) is 9.36. The molecule has 3 aliphatic carbocycles. The zero-order chi connectivity index (χ0) is 9.87. The molecular weight excluding hydrogens is 172 g/mol. The fraction of sp³-hybridized carbons (Fsp3) is 0.846. The van der Waals surface area contributed by atoms with E-state index in [2.05, 4.69) is 19.9 Å². The quantitative estimate of drug-likeness (QED) is 0.580. The first kappa shape index (κ1) is 8.96. The summed E-state index contributed by atoms with van der Waals surface area (Å²) in [4.78, 5) is 0. The molecule has 3 rings (SSSR count). The van der Waals surface area contributed by atoms with Gasteiger partial charge in [0.05, 0.1) is 6.10 Å². The van der Waals surface area contributed by atoms with Crippen molar-refractivity contribution < 1.29 is 4.74 Å². The fourth-order valence-electron chi connectivity index (χ4n) is 4.35. The van der Waals surface area contributed by atoms with Crippen molar-refractivity contribution in [2.24, 2.45) is 29.6 Å². The lowest BCUT2D eigenvalue weighted by molar-refractivity contribution is 0.0308. The van der Waals surface area contributed by atoms with Gasteiger partial charge in [0.1, 0.15) is 0 Å². The first-order chi connectivity index (χ1) is 6.72. The Hall–Kier alpha value is -0.300. The average Bonchev–Trinajstić information content (AvgIpc) is 2.73. The Labute approximate surface area is 86.5 Å². The van der Waals surface area contributed by atoms with Gasteiger partial charge in [-0.2, -0.15) is 0 Å². The maximum atomic E-state index is 5.67. The van der Waals surface area contributed by atoms with E-state index in [9.17, 15) is 0 Å². The van der Waals surface area contributed by atoms with Crippen LogP contribution in [-0.4, -0.2) is 13.2 Å². The van der Waals surface area contributed by atoms with Gasteiger partial charge in [0, 0.05) is 18.9 Å². The zero-order valence-corrected chi connectivity index (χ0v) is 9.36. The molecule has 2 bridgehead atoms. The van der Waals surface area contributed by atoms with Gasteiger partial charge >= 0.3 is 0 Å². The van der Waals surface area contributed by atoms with Crippen molar-refractivity contribution in [2.75, 3.05) is 7.11 Å². The summed E-state index contributed by atoms with van der Waals surface area (Å²) in [7, 11) is 1.88. The van der Waals surface area contributed by atoms with Crippen LogP contribution in [0.1, 0.15) is 26.7 Å². The van der Waals surface area contributed by atoms with Crippen molar-refractivity contribution in [3.63, 3.8) is 0 Å². The Morgan fingerprint density at radius 2 is 2.07 bits per heavy atom. The van der Waals surface area contributed by atoms with Crippen LogP contribution in [0, 0.1) is 29.6 Å². The first-order valence-corrected chi connectivity index (χ1v) is 5.96. The van der Waals surface area contributed by atoms with E-state index in [0.717, 1.165) is 23.7 Å². The Morgan fingerprint density at radius 3 is 2.79 bits per heavy atom. The number of fused-ring (bicyclic) bond motifs is 5.